The van der Waals surface area contributed by atoms with Crippen LogP contribution in [0.3, 0.4) is 0 Å². The average molecular weight is 341 g/mol. The van der Waals surface area contributed by atoms with E-state index in [0.29, 0.717) is 18.0 Å². The van der Waals surface area contributed by atoms with Crippen LogP contribution in [0.25, 0.3) is 0 Å². The Kier molecular flexibility index (Phi) is 4.04. The van der Waals surface area contributed by atoms with Crippen LogP contribution in [0.1, 0.15) is 26.7 Å². The van der Waals surface area contributed by atoms with Gasteiger partial charge in [-0.05, 0) is 42.9 Å². The van der Waals surface area contributed by atoms with Gasteiger partial charge in [-0.15, -0.1) is 0 Å². The van der Waals surface area contributed by atoms with Gasteiger partial charge in [0.1, 0.15) is 5.82 Å². The van der Waals surface area contributed by atoms with Gasteiger partial charge in [0, 0.05) is 29.6 Å². The molecule has 0 aromatic heterocycles. The van der Waals surface area contributed by atoms with Crippen molar-refractivity contribution in [3.63, 3.8) is 0 Å². The number of benzene rings is 1. The summed E-state index contributed by atoms with van der Waals surface area (Å²) >= 11 is 3.34. The van der Waals surface area contributed by atoms with Crippen molar-refractivity contribution in [2.45, 2.75) is 38.8 Å². The molecule has 4 heteroatoms. The van der Waals surface area contributed by atoms with E-state index in [1.165, 1.54) is 12.8 Å². The van der Waals surface area contributed by atoms with Crippen LogP contribution in [-0.4, -0.2) is 25.2 Å². The number of rotatable bonds is 3. The van der Waals surface area contributed by atoms with Crippen LogP contribution < -0.4 is 10.2 Å². The van der Waals surface area contributed by atoms with Gasteiger partial charge in [-0.1, -0.05) is 29.8 Å². The van der Waals surface area contributed by atoms with Crippen molar-refractivity contribution < 1.29 is 4.39 Å². The zero-order chi connectivity index (χ0) is 14.3. The number of halogens is 2. The molecule has 1 N–H and O–H groups in total. The number of piperazine rings is 1. The van der Waals surface area contributed by atoms with E-state index < -0.39 is 0 Å². The molecule has 2 nitrogen and oxygen atoms in total. The Bertz CT molecular complexity index is 487. The minimum atomic E-state index is -0.124. The molecule has 1 aliphatic heterocycles. The molecule has 2 aliphatic rings. The Hall–Kier alpha value is -0.610. The molecule has 1 heterocycles. The molecule has 1 aromatic rings. The maximum atomic E-state index is 14.3. The Balaban J connectivity index is 1.87. The van der Waals surface area contributed by atoms with Crippen LogP contribution in [0.4, 0.5) is 10.1 Å². The zero-order valence-corrected chi connectivity index (χ0v) is 13.7. The van der Waals surface area contributed by atoms with E-state index in [-0.39, 0.29) is 5.82 Å². The average Bonchev–Trinajstić information content (AvgIpc) is 3.22. The molecule has 0 radical (unpaired) electrons. The van der Waals surface area contributed by atoms with Crippen molar-refractivity contribution in [3.05, 3.63) is 28.5 Å². The van der Waals surface area contributed by atoms with E-state index in [1.54, 1.807) is 6.07 Å². The van der Waals surface area contributed by atoms with Crippen molar-refractivity contribution >= 4 is 21.6 Å². The molecule has 0 bridgehead atoms. The second-order valence-electron chi connectivity index (χ2n) is 6.41. The first kappa shape index (κ1) is 14.3. The van der Waals surface area contributed by atoms with E-state index in [1.807, 2.05) is 12.1 Å². The first-order valence-electron chi connectivity index (χ1n) is 7.51. The van der Waals surface area contributed by atoms with Gasteiger partial charge in [-0.25, -0.2) is 4.39 Å². The summed E-state index contributed by atoms with van der Waals surface area (Å²) in [5.41, 5.74) is 0.749. The molecule has 1 aromatic carbocycles. The van der Waals surface area contributed by atoms with Crippen LogP contribution >= 0.6 is 15.9 Å². The van der Waals surface area contributed by atoms with Crippen molar-refractivity contribution in [1.29, 1.82) is 0 Å². The minimum Gasteiger partial charge on any atom is -0.363 e. The summed E-state index contributed by atoms with van der Waals surface area (Å²) in [6, 6.07) is 6.29. The number of nitrogens with zero attached hydrogens (tertiary/aromatic N) is 1. The molecule has 3 rings (SSSR count). The van der Waals surface area contributed by atoms with Gasteiger partial charge < -0.3 is 10.2 Å². The lowest BCUT2D eigenvalue weighted by atomic mass is 9.96. The molecule has 2 fully saturated rings. The number of anilines is 1. The molecule has 110 valence electrons. The van der Waals surface area contributed by atoms with Gasteiger partial charge in [0.2, 0.25) is 0 Å². The standard InChI is InChI=1S/C16H22BrFN2/c1-10(2)16-8-19-14(11-3-4-11)9-20(16)15-6-5-12(17)7-13(15)18/h5-7,10-11,14,16,19H,3-4,8-9H2,1-2H3. The molecule has 20 heavy (non-hydrogen) atoms. The van der Waals surface area contributed by atoms with Crippen LogP contribution in [-0.2, 0) is 0 Å². The molecule has 0 spiro atoms. The fraction of sp³-hybridized carbons (Fsp3) is 0.625. The van der Waals surface area contributed by atoms with E-state index in [2.05, 4.69) is 40.0 Å². The predicted molar refractivity (Wildman–Crippen MR) is 84.6 cm³/mol. The Morgan fingerprint density at radius 2 is 2.10 bits per heavy atom. The molecule has 0 amide bonds. The van der Waals surface area contributed by atoms with Gasteiger partial charge in [-0.2, -0.15) is 0 Å². The topological polar surface area (TPSA) is 15.3 Å². The third-order valence-corrected chi connectivity index (χ3v) is 5.06. The molecule has 1 aliphatic carbocycles. The second-order valence-corrected chi connectivity index (χ2v) is 7.33. The van der Waals surface area contributed by atoms with Crippen LogP contribution in [0, 0.1) is 17.7 Å². The quantitative estimate of drug-likeness (QED) is 0.900. The monoisotopic (exact) mass is 340 g/mol. The smallest absolute Gasteiger partial charge is 0.147 e. The largest absolute Gasteiger partial charge is 0.363 e. The lowest BCUT2D eigenvalue weighted by Crippen LogP contribution is -2.59. The summed E-state index contributed by atoms with van der Waals surface area (Å²) in [7, 11) is 0. The fourth-order valence-corrected chi connectivity index (χ4v) is 3.53. The van der Waals surface area contributed by atoms with Crippen LogP contribution in [0.5, 0.6) is 0 Å². The van der Waals surface area contributed by atoms with Crippen molar-refractivity contribution in [2.75, 3.05) is 18.0 Å². The van der Waals surface area contributed by atoms with E-state index in [0.717, 1.165) is 29.2 Å². The summed E-state index contributed by atoms with van der Waals surface area (Å²) in [5, 5.41) is 3.67. The van der Waals surface area contributed by atoms with Gasteiger partial charge >= 0.3 is 0 Å². The molecule has 1 saturated heterocycles. The van der Waals surface area contributed by atoms with Gasteiger partial charge in [0.25, 0.3) is 0 Å². The summed E-state index contributed by atoms with van der Waals surface area (Å²) in [6.45, 7) is 6.31. The summed E-state index contributed by atoms with van der Waals surface area (Å²) in [5.74, 6) is 1.18. The van der Waals surface area contributed by atoms with Crippen molar-refractivity contribution in [3.8, 4) is 0 Å². The highest BCUT2D eigenvalue weighted by atomic mass is 79.9. The van der Waals surface area contributed by atoms with Crippen LogP contribution in [0.2, 0.25) is 0 Å². The summed E-state index contributed by atoms with van der Waals surface area (Å²) in [4.78, 5) is 2.28. The maximum absolute atomic E-state index is 14.3. The highest BCUT2D eigenvalue weighted by Crippen LogP contribution is 2.36. The fourth-order valence-electron chi connectivity index (χ4n) is 3.20. The first-order chi connectivity index (χ1) is 9.56. The van der Waals surface area contributed by atoms with Crippen molar-refractivity contribution in [1.82, 2.24) is 5.32 Å². The van der Waals surface area contributed by atoms with E-state index >= 15 is 0 Å². The number of hydrogen-bond acceptors (Lipinski definition) is 2. The Morgan fingerprint density at radius 3 is 2.70 bits per heavy atom. The Labute approximate surface area is 128 Å². The zero-order valence-electron chi connectivity index (χ0n) is 12.1. The summed E-state index contributed by atoms with van der Waals surface area (Å²) < 4.78 is 15.1. The third kappa shape index (κ3) is 2.86. The maximum Gasteiger partial charge on any atom is 0.147 e. The van der Waals surface area contributed by atoms with Gasteiger partial charge in [0.05, 0.1) is 5.69 Å². The molecule has 2 unspecified atom stereocenters. The lowest BCUT2D eigenvalue weighted by Gasteiger charge is -2.44. The van der Waals surface area contributed by atoms with Crippen molar-refractivity contribution in [2.24, 2.45) is 11.8 Å². The van der Waals surface area contributed by atoms with Crippen LogP contribution in [0.15, 0.2) is 22.7 Å². The number of nitrogens with one attached hydrogen (secondary N) is 1. The molecular weight excluding hydrogens is 319 g/mol. The molecular formula is C16H22BrFN2. The third-order valence-electron chi connectivity index (χ3n) is 4.56. The first-order valence-corrected chi connectivity index (χ1v) is 8.30. The second kappa shape index (κ2) is 5.64. The molecule has 2 atom stereocenters. The van der Waals surface area contributed by atoms with Gasteiger partial charge in [-0.3, -0.25) is 0 Å². The molecule has 1 saturated carbocycles. The van der Waals surface area contributed by atoms with Gasteiger partial charge in [0.15, 0.2) is 0 Å². The normalized spacial score (nSPS) is 27.1. The summed E-state index contributed by atoms with van der Waals surface area (Å²) in [6.07, 6.45) is 2.64. The predicted octanol–water partition coefficient (Wildman–Crippen LogP) is 3.80. The van der Waals surface area contributed by atoms with E-state index in [4.69, 9.17) is 0 Å². The SMILES string of the molecule is CC(C)C1CNC(C2CC2)CN1c1ccc(Br)cc1F. The van der Waals surface area contributed by atoms with E-state index in [9.17, 15) is 4.39 Å². The Morgan fingerprint density at radius 1 is 1.35 bits per heavy atom. The highest BCUT2D eigenvalue weighted by Gasteiger charge is 2.38. The minimum absolute atomic E-state index is 0.124. The highest BCUT2D eigenvalue weighted by molar-refractivity contribution is 9.10. The number of hydrogen-bond donors (Lipinski definition) is 1. The lowest BCUT2D eigenvalue weighted by molar-refractivity contribution is 0.318.